The van der Waals surface area contributed by atoms with E-state index in [-0.39, 0.29) is 5.41 Å². The summed E-state index contributed by atoms with van der Waals surface area (Å²) in [6, 6.07) is 8.70. The average Bonchev–Trinajstić information content (AvgIpc) is 2.68. The van der Waals surface area contributed by atoms with Gasteiger partial charge < -0.3 is 0 Å². The molecule has 0 amide bonds. The van der Waals surface area contributed by atoms with Crippen LogP contribution in [0.5, 0.6) is 0 Å². The molecule has 1 aromatic carbocycles. The predicted molar refractivity (Wildman–Crippen MR) is 125 cm³/mol. The van der Waals surface area contributed by atoms with Gasteiger partial charge in [-0.15, -0.1) is 13.2 Å². The molecule has 0 aliphatic rings. The molecule has 0 aliphatic carbocycles. The lowest BCUT2D eigenvalue weighted by atomic mass is 9.86. The van der Waals surface area contributed by atoms with E-state index in [0.717, 1.165) is 41.5 Å². The number of benzene rings is 1. The van der Waals surface area contributed by atoms with E-state index in [1.165, 1.54) is 5.56 Å². The van der Waals surface area contributed by atoms with Crippen LogP contribution < -0.4 is 0 Å². The lowest BCUT2D eigenvalue weighted by Gasteiger charge is -2.19. The standard InChI is InChI=1S/C25H34.C2H4/c1-9-20(10-2)17-19(5)21(11-3)18-22(12-4)23-13-15-24(16-14-23)25(6,7)8;1-2/h5,11-16,18,20H,3-4,9-10,17H2,1-2,6-8H3;1-2H2/b19-5?,21-11+,22-18+;. The zero-order valence-corrected chi connectivity index (χ0v) is 18.1. The zero-order chi connectivity index (χ0) is 21.0. The number of allylic oxidation sites excluding steroid dienone is 6. The van der Waals surface area contributed by atoms with E-state index in [9.17, 15) is 0 Å². The molecule has 0 unspecified atom stereocenters. The molecular formula is C27H38. The van der Waals surface area contributed by atoms with Crippen LogP contribution in [-0.2, 0) is 5.41 Å². The molecule has 27 heavy (non-hydrogen) atoms. The van der Waals surface area contributed by atoms with Gasteiger partial charge in [-0.25, -0.2) is 0 Å². The molecule has 0 spiro atoms. The van der Waals surface area contributed by atoms with Gasteiger partial charge in [-0.2, -0.15) is 0 Å². The fourth-order valence-electron chi connectivity index (χ4n) is 2.88. The Labute approximate surface area is 169 Å². The normalized spacial score (nSPS) is 12.4. The van der Waals surface area contributed by atoms with Gasteiger partial charge in [0.1, 0.15) is 0 Å². The van der Waals surface area contributed by atoms with E-state index < -0.39 is 0 Å². The molecule has 0 saturated heterocycles. The van der Waals surface area contributed by atoms with Gasteiger partial charge in [-0.05, 0) is 58.6 Å². The molecule has 0 nitrogen and oxygen atoms in total. The monoisotopic (exact) mass is 362 g/mol. The van der Waals surface area contributed by atoms with Crippen molar-refractivity contribution < 1.29 is 0 Å². The predicted octanol–water partition coefficient (Wildman–Crippen LogP) is 8.30. The lowest BCUT2D eigenvalue weighted by Crippen LogP contribution is -2.10. The highest BCUT2D eigenvalue weighted by Crippen LogP contribution is 2.28. The molecule has 146 valence electrons. The Morgan fingerprint density at radius 2 is 1.59 bits per heavy atom. The molecule has 0 saturated carbocycles. The maximum atomic E-state index is 6.37. The van der Waals surface area contributed by atoms with E-state index in [4.69, 9.17) is 6.58 Å². The minimum absolute atomic E-state index is 0.155. The quantitative estimate of drug-likeness (QED) is 0.322. The molecule has 0 heteroatoms. The highest BCUT2D eigenvalue weighted by Gasteiger charge is 2.13. The second-order valence-electron chi connectivity index (χ2n) is 7.70. The topological polar surface area (TPSA) is 0 Å². The third-order valence-corrected chi connectivity index (χ3v) is 4.87. The molecule has 0 aromatic heterocycles. The van der Waals surface area contributed by atoms with Crippen LogP contribution in [0.2, 0.25) is 0 Å². The summed E-state index contributed by atoms with van der Waals surface area (Å²) in [6.07, 6.45) is 9.05. The van der Waals surface area contributed by atoms with Crippen LogP contribution in [0.25, 0.3) is 5.57 Å². The largest absolute Gasteiger partial charge is 0.106 e. The summed E-state index contributed by atoms with van der Waals surface area (Å²) in [7, 11) is 0. The average molecular weight is 363 g/mol. The van der Waals surface area contributed by atoms with Crippen LogP contribution in [0, 0.1) is 19.4 Å². The van der Waals surface area contributed by atoms with Gasteiger partial charge in [0.2, 0.25) is 0 Å². The van der Waals surface area contributed by atoms with E-state index in [0.29, 0.717) is 5.92 Å². The fraction of sp³-hybridized carbons (Fsp3) is 0.370. The molecular weight excluding hydrogens is 324 g/mol. The summed E-state index contributed by atoms with van der Waals surface area (Å²) in [5.41, 5.74) is 5.62. The van der Waals surface area contributed by atoms with Gasteiger partial charge in [0.15, 0.2) is 0 Å². The summed E-state index contributed by atoms with van der Waals surface area (Å²) >= 11 is 0. The molecule has 0 N–H and O–H groups in total. The van der Waals surface area contributed by atoms with Crippen LogP contribution >= 0.6 is 0 Å². The SMILES string of the molecule is C=C.[CH]=C(CC(CC)CC)C(=C/[CH2])/C=C(\C=C)c1ccc(C(C)(C)C)cc1. The first-order chi connectivity index (χ1) is 12.8. The van der Waals surface area contributed by atoms with Crippen LogP contribution in [0.4, 0.5) is 0 Å². The van der Waals surface area contributed by atoms with Crippen molar-refractivity contribution in [3.05, 3.63) is 98.0 Å². The molecule has 0 atom stereocenters. The summed E-state index contributed by atoms with van der Waals surface area (Å²) in [4.78, 5) is 0. The first kappa shape index (κ1) is 24.9. The van der Waals surface area contributed by atoms with E-state index in [1.54, 1.807) is 0 Å². The Bertz CT molecular complexity index is 640. The first-order valence-corrected chi connectivity index (χ1v) is 9.82. The Morgan fingerprint density at radius 1 is 1.07 bits per heavy atom. The zero-order valence-electron chi connectivity index (χ0n) is 18.1. The van der Waals surface area contributed by atoms with Crippen molar-refractivity contribution in [3.8, 4) is 0 Å². The molecule has 0 heterocycles. The van der Waals surface area contributed by atoms with Crippen molar-refractivity contribution >= 4 is 5.57 Å². The van der Waals surface area contributed by atoms with Gasteiger partial charge in [-0.1, -0.05) is 97.0 Å². The molecule has 1 aromatic rings. The van der Waals surface area contributed by atoms with E-state index in [1.807, 2.05) is 12.2 Å². The van der Waals surface area contributed by atoms with Crippen LogP contribution in [0.3, 0.4) is 0 Å². The second-order valence-corrected chi connectivity index (χ2v) is 7.70. The third-order valence-electron chi connectivity index (χ3n) is 4.87. The maximum absolute atomic E-state index is 6.37. The summed E-state index contributed by atoms with van der Waals surface area (Å²) in [5.74, 6) is 0.626. The number of rotatable bonds is 8. The minimum atomic E-state index is 0.155. The van der Waals surface area contributed by atoms with Crippen molar-refractivity contribution in [2.24, 2.45) is 5.92 Å². The van der Waals surface area contributed by atoms with Gasteiger partial charge in [0.05, 0.1) is 0 Å². The molecule has 1 rings (SSSR count). The summed E-state index contributed by atoms with van der Waals surface area (Å²) in [6.45, 7) is 31.4. The van der Waals surface area contributed by atoms with E-state index >= 15 is 0 Å². The summed E-state index contributed by atoms with van der Waals surface area (Å²) < 4.78 is 0. The van der Waals surface area contributed by atoms with Gasteiger partial charge in [-0.3, -0.25) is 0 Å². The highest BCUT2D eigenvalue weighted by atomic mass is 14.2. The van der Waals surface area contributed by atoms with Crippen LogP contribution in [0.1, 0.15) is 65.0 Å². The molecule has 0 bridgehead atoms. The lowest BCUT2D eigenvalue weighted by molar-refractivity contribution is 0.491. The Morgan fingerprint density at radius 3 is 1.96 bits per heavy atom. The Kier molecular flexibility index (Phi) is 11.4. The fourth-order valence-corrected chi connectivity index (χ4v) is 2.88. The van der Waals surface area contributed by atoms with Crippen molar-refractivity contribution in [2.75, 3.05) is 0 Å². The first-order valence-electron chi connectivity index (χ1n) is 9.82. The second kappa shape index (κ2) is 12.3. The van der Waals surface area contributed by atoms with Crippen molar-refractivity contribution in [3.63, 3.8) is 0 Å². The van der Waals surface area contributed by atoms with Crippen LogP contribution in [0.15, 0.2) is 73.4 Å². The molecule has 0 aliphatic heterocycles. The van der Waals surface area contributed by atoms with Crippen molar-refractivity contribution in [2.45, 2.75) is 59.3 Å². The van der Waals surface area contributed by atoms with Gasteiger partial charge in [0, 0.05) is 0 Å². The van der Waals surface area contributed by atoms with Crippen molar-refractivity contribution in [1.29, 1.82) is 0 Å². The minimum Gasteiger partial charge on any atom is -0.106 e. The van der Waals surface area contributed by atoms with Gasteiger partial charge in [0.25, 0.3) is 0 Å². The Hall–Kier alpha value is -2.08. The maximum Gasteiger partial charge on any atom is -0.0132 e. The molecule has 2 radical (unpaired) electrons. The molecule has 0 fully saturated rings. The van der Waals surface area contributed by atoms with E-state index in [2.05, 4.69) is 91.6 Å². The third kappa shape index (κ3) is 7.99. The van der Waals surface area contributed by atoms with Gasteiger partial charge >= 0.3 is 0 Å². The van der Waals surface area contributed by atoms with Crippen LogP contribution in [-0.4, -0.2) is 0 Å². The Balaban J connectivity index is 0.00000326. The number of hydrogen-bond acceptors (Lipinski definition) is 0. The number of hydrogen-bond donors (Lipinski definition) is 0. The highest BCUT2D eigenvalue weighted by molar-refractivity contribution is 5.76. The smallest absolute Gasteiger partial charge is 0.0132 e. The summed E-state index contributed by atoms with van der Waals surface area (Å²) in [5, 5.41) is 0. The van der Waals surface area contributed by atoms with Crippen molar-refractivity contribution in [1.82, 2.24) is 0 Å².